The average molecular weight is 346 g/mol. The van der Waals surface area contributed by atoms with Crippen molar-refractivity contribution in [1.29, 1.82) is 0 Å². The molecule has 0 unspecified atom stereocenters. The van der Waals surface area contributed by atoms with Gasteiger partial charge in [-0.3, -0.25) is 9.36 Å². The molecule has 2 aromatic heterocycles. The van der Waals surface area contributed by atoms with Gasteiger partial charge in [0.25, 0.3) is 0 Å². The molecule has 1 aromatic carbocycles. The second kappa shape index (κ2) is 5.92. The van der Waals surface area contributed by atoms with Crippen LogP contribution in [0.2, 0.25) is 0 Å². The summed E-state index contributed by atoms with van der Waals surface area (Å²) in [6, 6.07) is 3.56. The molecular formula is C16H22N6O3. The predicted molar refractivity (Wildman–Crippen MR) is 95.2 cm³/mol. The van der Waals surface area contributed by atoms with Crippen molar-refractivity contribution in [2.75, 3.05) is 12.8 Å². The van der Waals surface area contributed by atoms with Gasteiger partial charge in [-0.2, -0.15) is 0 Å². The van der Waals surface area contributed by atoms with E-state index in [1.807, 2.05) is 0 Å². The Kier molecular flexibility index (Phi) is 4.03. The van der Waals surface area contributed by atoms with Crippen LogP contribution in [-0.2, 0) is 17.9 Å². The van der Waals surface area contributed by atoms with Gasteiger partial charge in [0.1, 0.15) is 0 Å². The number of anilines is 1. The maximum Gasteiger partial charge on any atom is 0.326 e. The number of carbonyl (C=O) groups is 1. The smallest absolute Gasteiger partial charge is 0.326 e. The van der Waals surface area contributed by atoms with E-state index in [4.69, 9.17) is 5.73 Å². The molecule has 9 heteroatoms. The monoisotopic (exact) mass is 346 g/mol. The first kappa shape index (κ1) is 17.0. The SMILES string of the molecule is CNC(=O)CCn1c(N)nc2cc3c(cc21)[nH]c(=O)n3CC(C)(C)O. The topological polar surface area (TPSA) is 131 Å². The molecule has 134 valence electrons. The second-order valence-corrected chi connectivity index (χ2v) is 6.73. The Labute approximate surface area is 143 Å². The Morgan fingerprint density at radius 1 is 1.36 bits per heavy atom. The minimum atomic E-state index is -1.03. The van der Waals surface area contributed by atoms with Crippen LogP contribution in [0.25, 0.3) is 22.1 Å². The number of benzene rings is 1. The number of aromatic amines is 1. The lowest BCUT2D eigenvalue weighted by molar-refractivity contribution is -0.120. The molecule has 0 radical (unpaired) electrons. The maximum atomic E-state index is 12.2. The van der Waals surface area contributed by atoms with E-state index >= 15 is 0 Å². The van der Waals surface area contributed by atoms with Crippen LogP contribution < -0.4 is 16.7 Å². The van der Waals surface area contributed by atoms with Crippen LogP contribution in [0.5, 0.6) is 0 Å². The fourth-order valence-corrected chi connectivity index (χ4v) is 2.91. The van der Waals surface area contributed by atoms with Gasteiger partial charge in [-0.1, -0.05) is 0 Å². The van der Waals surface area contributed by atoms with E-state index in [0.717, 1.165) is 5.52 Å². The van der Waals surface area contributed by atoms with Crippen LogP contribution in [0.4, 0.5) is 5.95 Å². The van der Waals surface area contributed by atoms with Crippen molar-refractivity contribution in [3.8, 4) is 0 Å². The number of carbonyl (C=O) groups excluding carboxylic acids is 1. The van der Waals surface area contributed by atoms with E-state index in [1.54, 1.807) is 37.6 Å². The van der Waals surface area contributed by atoms with Gasteiger partial charge in [-0.15, -0.1) is 0 Å². The highest BCUT2D eigenvalue weighted by Gasteiger charge is 2.19. The van der Waals surface area contributed by atoms with E-state index in [1.165, 1.54) is 4.57 Å². The number of nitrogens with one attached hydrogen (secondary N) is 2. The summed E-state index contributed by atoms with van der Waals surface area (Å²) in [5.74, 6) is 0.218. The number of aliphatic hydroxyl groups is 1. The first-order valence-corrected chi connectivity index (χ1v) is 8.01. The summed E-state index contributed by atoms with van der Waals surface area (Å²) in [7, 11) is 1.58. The molecule has 0 bridgehead atoms. The summed E-state index contributed by atoms with van der Waals surface area (Å²) in [4.78, 5) is 30.8. The van der Waals surface area contributed by atoms with Crippen LogP contribution in [0, 0.1) is 0 Å². The highest BCUT2D eigenvalue weighted by atomic mass is 16.3. The molecule has 0 aliphatic carbocycles. The number of fused-ring (bicyclic) bond motifs is 2. The first-order valence-electron chi connectivity index (χ1n) is 8.01. The number of aryl methyl sites for hydroxylation is 1. The van der Waals surface area contributed by atoms with E-state index in [0.29, 0.717) is 29.0 Å². The summed E-state index contributed by atoms with van der Waals surface area (Å²) in [5, 5.41) is 12.6. The molecule has 0 aliphatic rings. The van der Waals surface area contributed by atoms with E-state index in [9.17, 15) is 14.7 Å². The van der Waals surface area contributed by atoms with Gasteiger partial charge in [0.15, 0.2) is 0 Å². The number of hydrogen-bond donors (Lipinski definition) is 4. The Morgan fingerprint density at radius 3 is 2.72 bits per heavy atom. The zero-order chi connectivity index (χ0) is 18.4. The fourth-order valence-electron chi connectivity index (χ4n) is 2.91. The molecule has 25 heavy (non-hydrogen) atoms. The van der Waals surface area contributed by atoms with Crippen LogP contribution in [0.15, 0.2) is 16.9 Å². The van der Waals surface area contributed by atoms with Crippen molar-refractivity contribution in [3.63, 3.8) is 0 Å². The Balaban J connectivity index is 2.11. The van der Waals surface area contributed by atoms with Crippen molar-refractivity contribution >= 4 is 33.9 Å². The van der Waals surface area contributed by atoms with E-state index in [2.05, 4.69) is 15.3 Å². The second-order valence-electron chi connectivity index (χ2n) is 6.73. The number of nitrogens with two attached hydrogens (primary N) is 1. The summed E-state index contributed by atoms with van der Waals surface area (Å²) in [5.41, 5.74) is 7.31. The molecule has 9 nitrogen and oxygen atoms in total. The molecule has 0 aliphatic heterocycles. The number of H-pyrrole nitrogens is 1. The summed E-state index contributed by atoms with van der Waals surface area (Å²) >= 11 is 0. The molecule has 0 atom stereocenters. The molecule has 3 aromatic rings. The zero-order valence-corrected chi connectivity index (χ0v) is 14.5. The molecule has 0 saturated carbocycles. The predicted octanol–water partition coefficient (Wildman–Crippen LogP) is 0.169. The molecular weight excluding hydrogens is 324 g/mol. The average Bonchev–Trinajstić information content (AvgIpc) is 2.98. The normalized spacial score (nSPS) is 12.2. The molecule has 0 fully saturated rings. The van der Waals surface area contributed by atoms with Gasteiger partial charge in [-0.25, -0.2) is 9.78 Å². The quantitative estimate of drug-likeness (QED) is 0.523. The van der Waals surface area contributed by atoms with Crippen molar-refractivity contribution in [2.45, 2.75) is 39.0 Å². The van der Waals surface area contributed by atoms with Crippen molar-refractivity contribution in [3.05, 3.63) is 22.6 Å². The lowest BCUT2D eigenvalue weighted by Crippen LogP contribution is -2.31. The highest BCUT2D eigenvalue weighted by Crippen LogP contribution is 2.24. The Hall–Kier alpha value is -2.81. The number of rotatable bonds is 5. The number of aromatic nitrogens is 4. The zero-order valence-electron chi connectivity index (χ0n) is 14.5. The van der Waals surface area contributed by atoms with Gasteiger partial charge >= 0.3 is 5.69 Å². The Bertz CT molecular complexity index is 1000. The Morgan fingerprint density at radius 2 is 2.08 bits per heavy atom. The first-order chi connectivity index (χ1) is 11.7. The molecule has 5 N–H and O–H groups in total. The molecule has 0 saturated heterocycles. The van der Waals surface area contributed by atoms with Crippen LogP contribution in [0.1, 0.15) is 20.3 Å². The molecule has 2 heterocycles. The van der Waals surface area contributed by atoms with Gasteiger partial charge in [0, 0.05) is 20.0 Å². The third kappa shape index (κ3) is 3.22. The maximum absolute atomic E-state index is 12.2. The van der Waals surface area contributed by atoms with Gasteiger partial charge in [0.05, 0.1) is 34.2 Å². The molecule has 1 amide bonds. The van der Waals surface area contributed by atoms with Crippen LogP contribution in [-0.4, -0.2) is 42.8 Å². The summed E-state index contributed by atoms with van der Waals surface area (Å²) in [6.07, 6.45) is 0.278. The van der Waals surface area contributed by atoms with E-state index in [-0.39, 0.29) is 24.6 Å². The summed E-state index contributed by atoms with van der Waals surface area (Å²) in [6.45, 7) is 3.83. The fraction of sp³-hybridized carbons (Fsp3) is 0.438. The minimum absolute atomic E-state index is 0.0907. The lowest BCUT2D eigenvalue weighted by atomic mass is 10.1. The number of imidazole rings is 2. The third-order valence-electron chi connectivity index (χ3n) is 4.06. The number of nitrogens with zero attached hydrogens (tertiary/aromatic N) is 3. The van der Waals surface area contributed by atoms with E-state index < -0.39 is 5.60 Å². The van der Waals surface area contributed by atoms with Crippen molar-refractivity contribution < 1.29 is 9.90 Å². The van der Waals surface area contributed by atoms with Gasteiger partial charge < -0.3 is 25.7 Å². The molecule has 0 spiro atoms. The van der Waals surface area contributed by atoms with Crippen LogP contribution in [0.3, 0.4) is 0 Å². The minimum Gasteiger partial charge on any atom is -0.389 e. The standard InChI is InChI=1S/C16H22N6O3/c1-16(2,25)8-22-12-6-9-11(7-10(12)20-15(22)24)21(14(17)19-9)5-4-13(23)18-3/h6-7,25H,4-5,8H2,1-3H3,(H2,17,19)(H,18,23)(H,20,24). The van der Waals surface area contributed by atoms with Crippen molar-refractivity contribution in [2.24, 2.45) is 0 Å². The number of amides is 1. The van der Waals surface area contributed by atoms with Gasteiger partial charge in [0.2, 0.25) is 11.9 Å². The largest absolute Gasteiger partial charge is 0.389 e. The number of hydrogen-bond acceptors (Lipinski definition) is 5. The third-order valence-corrected chi connectivity index (χ3v) is 4.06. The van der Waals surface area contributed by atoms with Crippen molar-refractivity contribution in [1.82, 2.24) is 24.4 Å². The molecule has 3 rings (SSSR count). The lowest BCUT2D eigenvalue weighted by Gasteiger charge is -2.17. The number of nitrogen functional groups attached to an aromatic ring is 1. The highest BCUT2D eigenvalue weighted by molar-refractivity contribution is 5.93. The summed E-state index contributed by atoms with van der Waals surface area (Å²) < 4.78 is 3.23. The van der Waals surface area contributed by atoms with Crippen LogP contribution >= 0.6 is 0 Å². The van der Waals surface area contributed by atoms with Gasteiger partial charge in [-0.05, 0) is 26.0 Å².